The summed E-state index contributed by atoms with van der Waals surface area (Å²) in [5, 5.41) is 15.1. The topological polar surface area (TPSA) is 61.4 Å². The number of amides is 1. The van der Waals surface area contributed by atoms with Crippen LogP contribution in [0.3, 0.4) is 0 Å². The van der Waals surface area contributed by atoms with Crippen molar-refractivity contribution < 1.29 is 9.90 Å². The lowest BCUT2D eigenvalue weighted by atomic mass is 9.89. The molecule has 0 aliphatic carbocycles. The zero-order chi connectivity index (χ0) is 12.0. The summed E-state index contributed by atoms with van der Waals surface area (Å²) in [6, 6.07) is 0. The van der Waals surface area contributed by atoms with Crippen LogP contribution in [0.4, 0.5) is 0 Å². The molecule has 1 aliphatic rings. The van der Waals surface area contributed by atoms with Gasteiger partial charge in [0.1, 0.15) is 0 Å². The van der Waals surface area contributed by atoms with E-state index in [1.807, 2.05) is 0 Å². The van der Waals surface area contributed by atoms with E-state index in [1.54, 1.807) is 0 Å². The Morgan fingerprint density at radius 1 is 1.56 bits per heavy atom. The fourth-order valence-corrected chi connectivity index (χ4v) is 1.95. The van der Waals surface area contributed by atoms with E-state index in [4.69, 9.17) is 5.11 Å². The highest BCUT2D eigenvalue weighted by molar-refractivity contribution is 5.76. The number of nitrogens with one attached hydrogen (secondary N) is 2. The van der Waals surface area contributed by atoms with Crippen molar-refractivity contribution in [2.45, 2.75) is 33.1 Å². The molecule has 94 valence electrons. The first-order valence-electron chi connectivity index (χ1n) is 6.12. The van der Waals surface area contributed by atoms with Crippen LogP contribution in [0.2, 0.25) is 0 Å². The molecule has 1 saturated heterocycles. The Bertz CT molecular complexity index is 223. The third-order valence-corrected chi connectivity index (χ3v) is 3.19. The van der Waals surface area contributed by atoms with Gasteiger partial charge in [-0.05, 0) is 37.3 Å². The number of hydrogen-bond acceptors (Lipinski definition) is 3. The van der Waals surface area contributed by atoms with Crippen LogP contribution in [0, 0.1) is 11.3 Å². The molecular formula is C12H24N2O2. The van der Waals surface area contributed by atoms with Gasteiger partial charge in [0.05, 0.1) is 0 Å². The van der Waals surface area contributed by atoms with Crippen LogP contribution in [0.15, 0.2) is 0 Å². The molecule has 0 aromatic rings. The molecular weight excluding hydrogens is 204 g/mol. The smallest absolute Gasteiger partial charge is 0.220 e. The van der Waals surface area contributed by atoms with Gasteiger partial charge in [-0.2, -0.15) is 0 Å². The summed E-state index contributed by atoms with van der Waals surface area (Å²) in [5.74, 6) is 0.640. The van der Waals surface area contributed by atoms with Gasteiger partial charge < -0.3 is 15.7 Å². The number of carbonyl (C=O) groups excluding carboxylic acids is 1. The van der Waals surface area contributed by atoms with Gasteiger partial charge in [-0.3, -0.25) is 4.79 Å². The van der Waals surface area contributed by atoms with Crippen molar-refractivity contribution in [3.8, 4) is 0 Å². The van der Waals surface area contributed by atoms with Gasteiger partial charge in [0.25, 0.3) is 0 Å². The average molecular weight is 228 g/mol. The Labute approximate surface area is 97.8 Å². The van der Waals surface area contributed by atoms with Crippen LogP contribution < -0.4 is 10.6 Å². The van der Waals surface area contributed by atoms with Crippen molar-refractivity contribution >= 4 is 5.91 Å². The number of hydrogen-bond donors (Lipinski definition) is 3. The Morgan fingerprint density at radius 3 is 2.88 bits per heavy atom. The molecule has 1 aliphatic heterocycles. The largest absolute Gasteiger partial charge is 0.396 e. The fourth-order valence-electron chi connectivity index (χ4n) is 1.95. The summed E-state index contributed by atoms with van der Waals surface area (Å²) >= 11 is 0. The molecule has 0 bridgehead atoms. The maximum atomic E-state index is 11.6. The summed E-state index contributed by atoms with van der Waals surface area (Å²) < 4.78 is 0. The molecule has 1 heterocycles. The van der Waals surface area contributed by atoms with Crippen molar-refractivity contribution in [2.75, 3.05) is 26.2 Å². The van der Waals surface area contributed by atoms with Gasteiger partial charge in [0.15, 0.2) is 0 Å². The van der Waals surface area contributed by atoms with Gasteiger partial charge in [-0.1, -0.05) is 13.8 Å². The zero-order valence-corrected chi connectivity index (χ0v) is 10.4. The van der Waals surface area contributed by atoms with Crippen molar-refractivity contribution in [1.29, 1.82) is 0 Å². The van der Waals surface area contributed by atoms with Crippen LogP contribution in [0.25, 0.3) is 0 Å². The average Bonchev–Trinajstić information content (AvgIpc) is 2.68. The summed E-state index contributed by atoms with van der Waals surface area (Å²) in [6.07, 6.45) is 2.45. The molecule has 0 spiro atoms. The fraction of sp³-hybridized carbons (Fsp3) is 0.917. The van der Waals surface area contributed by atoms with E-state index in [-0.39, 0.29) is 17.9 Å². The van der Waals surface area contributed by atoms with Gasteiger partial charge in [0, 0.05) is 19.6 Å². The Kier molecular flexibility index (Phi) is 5.22. The number of aliphatic hydroxyl groups is 1. The molecule has 1 rings (SSSR count). The first-order valence-corrected chi connectivity index (χ1v) is 6.12. The van der Waals surface area contributed by atoms with Crippen molar-refractivity contribution in [3.63, 3.8) is 0 Å². The highest BCUT2D eigenvalue weighted by Crippen LogP contribution is 2.18. The molecule has 0 radical (unpaired) electrons. The minimum absolute atomic E-state index is 0.0155. The van der Waals surface area contributed by atoms with E-state index in [0.717, 1.165) is 25.9 Å². The second-order valence-electron chi connectivity index (χ2n) is 5.48. The molecule has 4 heteroatoms. The third-order valence-electron chi connectivity index (χ3n) is 3.19. The zero-order valence-electron chi connectivity index (χ0n) is 10.4. The lowest BCUT2D eigenvalue weighted by Gasteiger charge is -2.24. The Hall–Kier alpha value is -0.610. The molecule has 0 aromatic heterocycles. The summed E-state index contributed by atoms with van der Waals surface area (Å²) in [7, 11) is 0. The summed E-state index contributed by atoms with van der Waals surface area (Å²) in [6.45, 7) is 6.94. The number of carbonyl (C=O) groups is 1. The van der Waals surface area contributed by atoms with E-state index in [1.165, 1.54) is 0 Å². The molecule has 1 unspecified atom stereocenters. The van der Waals surface area contributed by atoms with Crippen molar-refractivity contribution in [3.05, 3.63) is 0 Å². The number of rotatable bonds is 6. The monoisotopic (exact) mass is 228 g/mol. The van der Waals surface area contributed by atoms with E-state index in [2.05, 4.69) is 24.5 Å². The third kappa shape index (κ3) is 4.94. The van der Waals surface area contributed by atoms with Gasteiger partial charge in [0.2, 0.25) is 5.91 Å². The minimum Gasteiger partial charge on any atom is -0.396 e. The van der Waals surface area contributed by atoms with E-state index >= 15 is 0 Å². The highest BCUT2D eigenvalue weighted by atomic mass is 16.3. The van der Waals surface area contributed by atoms with Crippen molar-refractivity contribution in [2.24, 2.45) is 11.3 Å². The van der Waals surface area contributed by atoms with E-state index in [0.29, 0.717) is 18.9 Å². The molecule has 3 N–H and O–H groups in total. The first-order chi connectivity index (χ1) is 7.53. The van der Waals surface area contributed by atoms with Crippen molar-refractivity contribution in [1.82, 2.24) is 10.6 Å². The Morgan fingerprint density at radius 2 is 2.31 bits per heavy atom. The lowest BCUT2D eigenvalue weighted by molar-refractivity contribution is -0.122. The molecule has 0 aromatic carbocycles. The normalized spacial score (nSPS) is 21.1. The summed E-state index contributed by atoms with van der Waals surface area (Å²) in [4.78, 5) is 11.6. The number of aliphatic hydroxyl groups excluding tert-OH is 1. The maximum Gasteiger partial charge on any atom is 0.220 e. The van der Waals surface area contributed by atoms with Gasteiger partial charge in [-0.15, -0.1) is 0 Å². The standard InChI is InChI=1S/C12H24N2O2/c1-12(2,4-6-15)9-14-11(16)7-10-3-5-13-8-10/h10,13,15H,3-9H2,1-2H3,(H,14,16). The highest BCUT2D eigenvalue weighted by Gasteiger charge is 2.21. The van der Waals surface area contributed by atoms with Crippen LogP contribution in [-0.2, 0) is 4.79 Å². The summed E-state index contributed by atoms with van der Waals surface area (Å²) in [5.41, 5.74) is -0.0155. The van der Waals surface area contributed by atoms with Gasteiger partial charge in [-0.25, -0.2) is 0 Å². The van der Waals surface area contributed by atoms with Crippen LogP contribution in [0.1, 0.15) is 33.1 Å². The first kappa shape index (κ1) is 13.5. The molecule has 1 fully saturated rings. The second kappa shape index (κ2) is 6.21. The quantitative estimate of drug-likeness (QED) is 0.621. The second-order valence-corrected chi connectivity index (χ2v) is 5.48. The maximum absolute atomic E-state index is 11.6. The van der Waals surface area contributed by atoms with E-state index < -0.39 is 0 Å². The molecule has 16 heavy (non-hydrogen) atoms. The molecule has 0 saturated carbocycles. The Balaban J connectivity index is 2.18. The predicted molar refractivity (Wildman–Crippen MR) is 64.1 cm³/mol. The van der Waals surface area contributed by atoms with Crippen LogP contribution >= 0.6 is 0 Å². The van der Waals surface area contributed by atoms with Gasteiger partial charge >= 0.3 is 0 Å². The SMILES string of the molecule is CC(C)(CCO)CNC(=O)CC1CCNC1. The molecule has 4 nitrogen and oxygen atoms in total. The van der Waals surface area contributed by atoms with Crippen LogP contribution in [0.5, 0.6) is 0 Å². The molecule has 1 atom stereocenters. The molecule has 1 amide bonds. The van der Waals surface area contributed by atoms with Crippen LogP contribution in [-0.4, -0.2) is 37.3 Å². The van der Waals surface area contributed by atoms with E-state index in [9.17, 15) is 4.79 Å². The predicted octanol–water partition coefficient (Wildman–Crippen LogP) is 0.511. The minimum atomic E-state index is -0.0155. The lowest BCUT2D eigenvalue weighted by Crippen LogP contribution is -2.35.